The third kappa shape index (κ3) is 2.76. The van der Waals surface area contributed by atoms with E-state index in [0.717, 1.165) is 5.75 Å². The zero-order valence-corrected chi connectivity index (χ0v) is 9.52. The third-order valence-corrected chi connectivity index (χ3v) is 2.97. The van der Waals surface area contributed by atoms with Gasteiger partial charge in [-0.1, -0.05) is 12.1 Å². The lowest BCUT2D eigenvalue weighted by molar-refractivity contribution is -0.384. The van der Waals surface area contributed by atoms with Crippen molar-refractivity contribution in [2.24, 2.45) is 0 Å². The fraction of sp³-hybridized carbons (Fsp3) is 0.100. The molecule has 1 N–H and O–H groups in total. The number of nitrogens with zero attached hydrogens (tertiary/aromatic N) is 2. The average molecular weight is 251 g/mol. The molecule has 88 valence electrons. The van der Waals surface area contributed by atoms with E-state index in [9.17, 15) is 14.9 Å². The number of hydrogen-bond donors (Lipinski definition) is 1. The molecule has 1 aliphatic rings. The van der Waals surface area contributed by atoms with E-state index in [-0.39, 0.29) is 11.7 Å². The largest absolute Gasteiger partial charge is 0.336 e. The molecule has 0 aromatic heterocycles. The van der Waals surface area contributed by atoms with Crippen molar-refractivity contribution in [1.29, 1.82) is 0 Å². The van der Waals surface area contributed by atoms with E-state index in [1.54, 1.807) is 12.3 Å². The van der Waals surface area contributed by atoms with Gasteiger partial charge in [-0.05, 0) is 18.0 Å². The van der Waals surface area contributed by atoms with Gasteiger partial charge in [-0.15, -0.1) is 0 Å². The fourth-order valence-corrected chi connectivity index (χ4v) is 1.98. The summed E-state index contributed by atoms with van der Waals surface area (Å²) in [6, 6.07) is 5.52. The molecule has 0 saturated heterocycles. The molecule has 0 bridgehead atoms. The first kappa shape index (κ1) is 11.5. The molecule has 7 heteroatoms. The number of anilines is 1. The molecule has 2 amide bonds. The molecule has 0 radical (unpaired) electrons. The zero-order chi connectivity index (χ0) is 12.3. The van der Waals surface area contributed by atoms with Gasteiger partial charge >= 0.3 is 6.03 Å². The second-order valence-electron chi connectivity index (χ2n) is 3.24. The highest BCUT2D eigenvalue weighted by Gasteiger charge is 2.15. The summed E-state index contributed by atoms with van der Waals surface area (Å²) in [6.07, 6.45) is 3.52. The molecule has 0 atom stereocenters. The summed E-state index contributed by atoms with van der Waals surface area (Å²) in [5.74, 6) is 0.752. The van der Waals surface area contributed by atoms with Crippen molar-refractivity contribution in [3.8, 4) is 0 Å². The number of benzene rings is 1. The van der Waals surface area contributed by atoms with Crippen LogP contribution in [0.4, 0.5) is 16.2 Å². The Morgan fingerprint density at radius 3 is 3.00 bits per heavy atom. The Kier molecular flexibility index (Phi) is 3.29. The van der Waals surface area contributed by atoms with E-state index in [1.165, 1.54) is 34.5 Å². The van der Waals surface area contributed by atoms with Crippen molar-refractivity contribution in [1.82, 2.24) is 4.31 Å². The second kappa shape index (κ2) is 4.88. The van der Waals surface area contributed by atoms with Crippen molar-refractivity contribution in [2.75, 3.05) is 11.1 Å². The van der Waals surface area contributed by atoms with Gasteiger partial charge in [0.25, 0.3) is 5.69 Å². The zero-order valence-electron chi connectivity index (χ0n) is 8.70. The van der Waals surface area contributed by atoms with Crippen molar-refractivity contribution in [3.63, 3.8) is 0 Å². The Morgan fingerprint density at radius 1 is 1.53 bits per heavy atom. The molecule has 6 nitrogen and oxygen atoms in total. The Labute approximate surface area is 102 Å². The number of urea groups is 1. The molecule has 0 fully saturated rings. The van der Waals surface area contributed by atoms with Gasteiger partial charge in [0.15, 0.2) is 0 Å². The quantitative estimate of drug-likeness (QED) is 0.498. The highest BCUT2D eigenvalue weighted by molar-refractivity contribution is 7.98. The maximum atomic E-state index is 11.7. The number of carbonyl (C=O) groups is 1. The molecule has 1 heterocycles. The summed E-state index contributed by atoms with van der Waals surface area (Å²) in [6.45, 7) is 0. The molecule has 0 aliphatic carbocycles. The van der Waals surface area contributed by atoms with Gasteiger partial charge in [0, 0.05) is 29.8 Å². The molecule has 17 heavy (non-hydrogen) atoms. The monoisotopic (exact) mass is 251 g/mol. The summed E-state index contributed by atoms with van der Waals surface area (Å²) < 4.78 is 1.44. The van der Waals surface area contributed by atoms with Crippen molar-refractivity contribution in [2.45, 2.75) is 0 Å². The number of nitro groups is 1. The van der Waals surface area contributed by atoms with E-state index in [4.69, 9.17) is 0 Å². The summed E-state index contributed by atoms with van der Waals surface area (Å²) in [7, 11) is 0. The minimum atomic E-state index is -0.500. The Balaban J connectivity index is 2.07. The smallest absolute Gasteiger partial charge is 0.307 e. The van der Waals surface area contributed by atoms with Crippen LogP contribution < -0.4 is 5.32 Å². The van der Waals surface area contributed by atoms with Crippen LogP contribution in [0, 0.1) is 10.1 Å². The Morgan fingerprint density at radius 2 is 2.35 bits per heavy atom. The summed E-state index contributed by atoms with van der Waals surface area (Å²) >= 11 is 1.36. The van der Waals surface area contributed by atoms with E-state index >= 15 is 0 Å². The number of nitrogens with one attached hydrogen (secondary N) is 1. The van der Waals surface area contributed by atoms with Crippen LogP contribution in [-0.2, 0) is 0 Å². The standard InChI is InChI=1S/C10H9N3O3S/c14-10(12-5-2-6-17-12)11-8-3-1-4-9(7-8)13(15)16/h1-5,7H,6H2,(H,11,14). The number of nitro benzene ring substituents is 1. The number of non-ortho nitro benzene ring substituents is 1. The first-order valence-electron chi connectivity index (χ1n) is 4.81. The van der Waals surface area contributed by atoms with Gasteiger partial charge in [0.05, 0.1) is 4.92 Å². The molecular weight excluding hydrogens is 242 g/mol. The van der Waals surface area contributed by atoms with Gasteiger partial charge in [-0.2, -0.15) is 0 Å². The van der Waals surface area contributed by atoms with Gasteiger partial charge in [0.1, 0.15) is 0 Å². The van der Waals surface area contributed by atoms with E-state index < -0.39 is 4.92 Å². The molecule has 1 aromatic rings. The van der Waals surface area contributed by atoms with Crippen molar-refractivity contribution < 1.29 is 9.72 Å². The summed E-state index contributed by atoms with van der Waals surface area (Å²) in [5.41, 5.74) is 0.359. The number of carbonyl (C=O) groups excluding carboxylic acids is 1. The van der Waals surface area contributed by atoms with Gasteiger partial charge in [-0.25, -0.2) is 9.10 Å². The average Bonchev–Trinajstić information content (AvgIpc) is 2.82. The van der Waals surface area contributed by atoms with Crippen molar-refractivity contribution >= 4 is 29.4 Å². The molecule has 0 spiro atoms. The molecule has 2 rings (SSSR count). The van der Waals surface area contributed by atoms with Crippen LogP contribution in [0.1, 0.15) is 0 Å². The number of rotatable bonds is 2. The lowest BCUT2D eigenvalue weighted by Crippen LogP contribution is -2.23. The fourth-order valence-electron chi connectivity index (χ4n) is 1.31. The highest BCUT2D eigenvalue weighted by atomic mass is 32.2. The van der Waals surface area contributed by atoms with Crippen LogP contribution in [0.2, 0.25) is 0 Å². The van der Waals surface area contributed by atoms with Gasteiger partial charge < -0.3 is 5.32 Å². The second-order valence-corrected chi connectivity index (χ2v) is 4.23. The minimum absolute atomic E-state index is 0.0487. The van der Waals surface area contributed by atoms with Crippen LogP contribution in [0.15, 0.2) is 36.5 Å². The molecular formula is C10H9N3O3S. The SMILES string of the molecule is O=C(Nc1cccc([N+](=O)[O-])c1)N1C=CCS1. The lowest BCUT2D eigenvalue weighted by Gasteiger charge is -2.12. The van der Waals surface area contributed by atoms with Crippen LogP contribution in [0.25, 0.3) is 0 Å². The highest BCUT2D eigenvalue weighted by Crippen LogP contribution is 2.21. The molecule has 1 aromatic carbocycles. The molecule has 0 unspecified atom stereocenters. The summed E-state index contributed by atoms with van der Waals surface area (Å²) in [4.78, 5) is 21.7. The number of amides is 2. The lowest BCUT2D eigenvalue weighted by atomic mass is 10.3. The minimum Gasteiger partial charge on any atom is -0.307 e. The predicted molar refractivity (Wildman–Crippen MR) is 65.6 cm³/mol. The van der Waals surface area contributed by atoms with Crippen LogP contribution in [0.5, 0.6) is 0 Å². The topological polar surface area (TPSA) is 75.5 Å². The van der Waals surface area contributed by atoms with Crippen LogP contribution in [-0.4, -0.2) is 21.0 Å². The van der Waals surface area contributed by atoms with E-state index in [0.29, 0.717) is 5.69 Å². The maximum Gasteiger partial charge on any atom is 0.336 e. The normalized spacial score (nSPS) is 13.8. The van der Waals surface area contributed by atoms with Crippen LogP contribution in [0.3, 0.4) is 0 Å². The third-order valence-electron chi connectivity index (χ3n) is 2.06. The summed E-state index contributed by atoms with van der Waals surface area (Å²) in [5, 5.41) is 13.2. The number of hydrogen-bond acceptors (Lipinski definition) is 4. The molecule has 0 saturated carbocycles. The Bertz CT molecular complexity index is 489. The maximum absolute atomic E-state index is 11.7. The van der Waals surface area contributed by atoms with E-state index in [2.05, 4.69) is 5.32 Å². The molecule has 1 aliphatic heterocycles. The van der Waals surface area contributed by atoms with Gasteiger partial charge in [-0.3, -0.25) is 10.1 Å². The predicted octanol–water partition coefficient (Wildman–Crippen LogP) is 2.60. The van der Waals surface area contributed by atoms with E-state index in [1.807, 2.05) is 6.08 Å². The van der Waals surface area contributed by atoms with Crippen molar-refractivity contribution in [3.05, 3.63) is 46.7 Å². The first-order valence-corrected chi connectivity index (χ1v) is 5.75. The first-order chi connectivity index (χ1) is 8.16. The van der Waals surface area contributed by atoms with Gasteiger partial charge in [0.2, 0.25) is 0 Å². The van der Waals surface area contributed by atoms with Crippen LogP contribution >= 0.6 is 11.9 Å². The Hall–Kier alpha value is -2.02.